The fourth-order valence-corrected chi connectivity index (χ4v) is 2.51. The molecule has 2 rings (SSSR count). The monoisotopic (exact) mass is 373 g/mol. The van der Waals surface area contributed by atoms with Gasteiger partial charge in [0.15, 0.2) is 0 Å². The molecule has 6 nitrogen and oxygen atoms in total. The number of halogens is 1. The normalized spacial score (nSPS) is 10.3. The number of urea groups is 1. The van der Waals surface area contributed by atoms with Gasteiger partial charge in [-0.15, -0.1) is 0 Å². The number of anilines is 1. The van der Waals surface area contributed by atoms with E-state index in [-0.39, 0.29) is 30.8 Å². The van der Waals surface area contributed by atoms with Gasteiger partial charge in [-0.25, -0.2) is 9.18 Å². The summed E-state index contributed by atoms with van der Waals surface area (Å²) in [7, 11) is 1.58. The number of hydrogen-bond donors (Lipinski definition) is 3. The van der Waals surface area contributed by atoms with Crippen LogP contribution < -0.4 is 10.6 Å². The number of rotatable bonds is 8. The van der Waals surface area contributed by atoms with Gasteiger partial charge in [-0.05, 0) is 41.8 Å². The van der Waals surface area contributed by atoms with Gasteiger partial charge in [0, 0.05) is 32.4 Å². The first kappa shape index (κ1) is 20.4. The molecule has 27 heavy (non-hydrogen) atoms. The smallest absolute Gasteiger partial charge is 0.322 e. The maximum atomic E-state index is 13.1. The Morgan fingerprint density at radius 1 is 1.04 bits per heavy atom. The Bertz CT molecular complexity index is 748. The molecule has 0 heterocycles. The third kappa shape index (κ3) is 6.71. The largest absolute Gasteiger partial charge is 0.396 e. The first-order valence-electron chi connectivity index (χ1n) is 8.72. The summed E-state index contributed by atoms with van der Waals surface area (Å²) in [5.41, 5.74) is 2.25. The Labute approximate surface area is 158 Å². The molecule has 0 aromatic heterocycles. The van der Waals surface area contributed by atoms with Crippen LogP contribution in [0.1, 0.15) is 17.5 Å². The van der Waals surface area contributed by atoms with E-state index in [1.54, 1.807) is 48.3 Å². The van der Waals surface area contributed by atoms with Crippen LogP contribution in [0.5, 0.6) is 0 Å². The second-order valence-electron chi connectivity index (χ2n) is 6.10. The summed E-state index contributed by atoms with van der Waals surface area (Å²) < 4.78 is 13.1. The molecule has 2 aromatic rings. The Balaban J connectivity index is 2.01. The number of nitrogens with zero attached hydrogens (tertiary/aromatic N) is 1. The molecule has 0 fully saturated rings. The zero-order valence-corrected chi connectivity index (χ0v) is 15.2. The number of benzene rings is 2. The van der Waals surface area contributed by atoms with Gasteiger partial charge in [-0.3, -0.25) is 4.79 Å². The van der Waals surface area contributed by atoms with Crippen molar-refractivity contribution in [3.8, 4) is 0 Å². The van der Waals surface area contributed by atoms with E-state index in [0.717, 1.165) is 11.1 Å². The molecule has 0 atom stereocenters. The summed E-state index contributed by atoms with van der Waals surface area (Å²) in [4.78, 5) is 25.5. The van der Waals surface area contributed by atoms with Gasteiger partial charge in [-0.1, -0.05) is 24.3 Å². The minimum Gasteiger partial charge on any atom is -0.396 e. The van der Waals surface area contributed by atoms with Crippen LogP contribution in [-0.4, -0.2) is 42.1 Å². The molecule has 144 valence electrons. The summed E-state index contributed by atoms with van der Waals surface area (Å²) in [6.07, 6.45) is 0.720. The van der Waals surface area contributed by atoms with E-state index in [2.05, 4.69) is 10.6 Å². The number of carbonyl (C=O) groups is 2. The number of amides is 3. The van der Waals surface area contributed by atoms with Crippen LogP contribution in [0.15, 0.2) is 48.5 Å². The molecule has 0 aliphatic rings. The lowest BCUT2D eigenvalue weighted by Gasteiger charge is -2.23. The van der Waals surface area contributed by atoms with E-state index < -0.39 is 0 Å². The molecule has 3 N–H and O–H groups in total. The van der Waals surface area contributed by atoms with Gasteiger partial charge in [-0.2, -0.15) is 0 Å². The zero-order chi connectivity index (χ0) is 19.6. The second-order valence-corrected chi connectivity index (χ2v) is 6.10. The van der Waals surface area contributed by atoms with Crippen molar-refractivity contribution in [2.45, 2.75) is 19.4 Å². The highest BCUT2D eigenvalue weighted by Crippen LogP contribution is 2.13. The lowest BCUT2D eigenvalue weighted by Crippen LogP contribution is -2.35. The highest BCUT2D eigenvalue weighted by atomic mass is 19.1. The summed E-state index contributed by atoms with van der Waals surface area (Å²) in [6.45, 7) is 0.650. The maximum absolute atomic E-state index is 13.1. The third-order valence-electron chi connectivity index (χ3n) is 4.01. The average Bonchev–Trinajstić information content (AvgIpc) is 2.68. The van der Waals surface area contributed by atoms with Gasteiger partial charge < -0.3 is 20.6 Å². The molecule has 0 saturated carbocycles. The second kappa shape index (κ2) is 10.3. The Kier molecular flexibility index (Phi) is 7.76. The Morgan fingerprint density at radius 3 is 2.26 bits per heavy atom. The molecule has 3 amide bonds. The van der Waals surface area contributed by atoms with Crippen molar-refractivity contribution in [2.75, 3.05) is 25.5 Å². The highest BCUT2D eigenvalue weighted by Gasteiger charge is 2.14. The van der Waals surface area contributed by atoms with Gasteiger partial charge in [0.25, 0.3) is 0 Å². The van der Waals surface area contributed by atoms with E-state index in [0.29, 0.717) is 25.2 Å². The minimum absolute atomic E-state index is 0.0264. The van der Waals surface area contributed by atoms with Crippen molar-refractivity contribution in [2.24, 2.45) is 0 Å². The zero-order valence-electron chi connectivity index (χ0n) is 15.2. The Hall–Kier alpha value is -2.93. The number of nitrogens with one attached hydrogen (secondary N) is 2. The molecule has 0 bridgehead atoms. The van der Waals surface area contributed by atoms with E-state index >= 15 is 0 Å². The maximum Gasteiger partial charge on any atom is 0.322 e. The summed E-state index contributed by atoms with van der Waals surface area (Å²) >= 11 is 0. The molecule has 7 heteroatoms. The van der Waals surface area contributed by atoms with E-state index in [1.165, 1.54) is 12.1 Å². The number of likely N-dealkylation sites (N-methyl/N-ethyl adjacent to an activating group) is 1. The van der Waals surface area contributed by atoms with Crippen molar-refractivity contribution in [1.29, 1.82) is 0 Å². The van der Waals surface area contributed by atoms with Crippen LogP contribution in [0, 0.1) is 5.82 Å². The predicted molar refractivity (Wildman–Crippen MR) is 102 cm³/mol. The van der Waals surface area contributed by atoms with Crippen molar-refractivity contribution in [3.05, 3.63) is 65.5 Å². The van der Waals surface area contributed by atoms with Crippen LogP contribution in [0.2, 0.25) is 0 Å². The summed E-state index contributed by atoms with van der Waals surface area (Å²) in [6, 6.07) is 12.7. The van der Waals surface area contributed by atoms with Gasteiger partial charge in [0.2, 0.25) is 5.91 Å². The van der Waals surface area contributed by atoms with Gasteiger partial charge in [0.1, 0.15) is 5.82 Å². The van der Waals surface area contributed by atoms with Crippen LogP contribution in [0.25, 0.3) is 0 Å². The summed E-state index contributed by atoms with van der Waals surface area (Å²) in [5, 5.41) is 14.4. The topological polar surface area (TPSA) is 81.7 Å². The van der Waals surface area contributed by atoms with E-state index in [9.17, 15) is 14.0 Å². The first-order valence-corrected chi connectivity index (χ1v) is 8.72. The highest BCUT2D eigenvalue weighted by molar-refractivity contribution is 5.89. The molecule has 0 aliphatic heterocycles. The van der Waals surface area contributed by atoms with E-state index in [4.69, 9.17) is 5.11 Å². The van der Waals surface area contributed by atoms with Gasteiger partial charge in [0.05, 0.1) is 6.42 Å². The molecular formula is C20H24FN3O3. The quantitative estimate of drug-likeness (QED) is 0.665. The van der Waals surface area contributed by atoms with Crippen molar-refractivity contribution >= 4 is 17.6 Å². The Morgan fingerprint density at radius 2 is 1.67 bits per heavy atom. The standard InChI is InChI=1S/C20H24FN3O3/c1-22-19(26)13-15-5-9-18(10-6-15)23-20(27)24(11-2-12-25)14-16-3-7-17(21)8-4-16/h3-10,25H,2,11-14H2,1H3,(H,22,26)(H,23,27). The fraction of sp³-hybridized carbons (Fsp3) is 0.300. The molecule has 0 saturated heterocycles. The van der Waals surface area contributed by atoms with E-state index in [1.807, 2.05) is 0 Å². The SMILES string of the molecule is CNC(=O)Cc1ccc(NC(=O)N(CCCO)Cc2ccc(F)cc2)cc1. The van der Waals surface area contributed by atoms with Crippen LogP contribution in [0.3, 0.4) is 0 Å². The third-order valence-corrected chi connectivity index (χ3v) is 4.01. The molecule has 0 radical (unpaired) electrons. The predicted octanol–water partition coefficient (Wildman–Crippen LogP) is 2.53. The average molecular weight is 373 g/mol. The number of hydrogen-bond acceptors (Lipinski definition) is 3. The van der Waals surface area contributed by atoms with Crippen molar-refractivity contribution in [3.63, 3.8) is 0 Å². The van der Waals surface area contributed by atoms with Crippen molar-refractivity contribution in [1.82, 2.24) is 10.2 Å². The first-order chi connectivity index (χ1) is 13.0. The lowest BCUT2D eigenvalue weighted by molar-refractivity contribution is -0.119. The van der Waals surface area contributed by atoms with Crippen molar-refractivity contribution < 1.29 is 19.1 Å². The number of carbonyl (C=O) groups excluding carboxylic acids is 2. The number of aliphatic hydroxyl groups is 1. The molecular weight excluding hydrogens is 349 g/mol. The molecule has 0 spiro atoms. The van der Waals surface area contributed by atoms with Crippen LogP contribution in [-0.2, 0) is 17.8 Å². The minimum atomic E-state index is -0.332. The summed E-state index contributed by atoms with van der Waals surface area (Å²) in [5.74, 6) is -0.414. The molecule has 0 unspecified atom stereocenters. The fourth-order valence-electron chi connectivity index (χ4n) is 2.51. The molecule has 0 aliphatic carbocycles. The van der Waals surface area contributed by atoms with Gasteiger partial charge >= 0.3 is 6.03 Å². The number of aliphatic hydroxyl groups excluding tert-OH is 1. The lowest BCUT2D eigenvalue weighted by atomic mass is 10.1. The van der Waals surface area contributed by atoms with Crippen LogP contribution in [0.4, 0.5) is 14.9 Å². The molecule has 2 aromatic carbocycles. The van der Waals surface area contributed by atoms with Crippen LogP contribution >= 0.6 is 0 Å².